The maximum atomic E-state index is 9.75. The van der Waals surface area contributed by atoms with E-state index in [-0.39, 0.29) is 0 Å². The number of hydrogen-bond acceptors (Lipinski definition) is 0. The molecule has 116 valence electrons. The smallest absolute Gasteiger partial charge is 0.418 e. The molecule has 0 saturated carbocycles. The molecule has 0 spiro atoms. The van der Waals surface area contributed by atoms with Crippen molar-refractivity contribution in [2.45, 2.75) is 6.92 Å². The van der Waals surface area contributed by atoms with Gasteiger partial charge in [-0.1, -0.05) is 30.3 Å². The van der Waals surface area contributed by atoms with Gasteiger partial charge in [-0.3, -0.25) is 4.90 Å². The molecule has 0 radical (unpaired) electrons. The number of quaternary nitrogens is 1. The lowest BCUT2D eigenvalue weighted by molar-refractivity contribution is -0.747. The molecule has 1 aliphatic rings. The van der Waals surface area contributed by atoms with Gasteiger partial charge in [0.25, 0.3) is 0 Å². The molecular formula is C16H16BF4N. The Kier molecular flexibility index (Phi) is 5.03. The highest BCUT2D eigenvalue weighted by Gasteiger charge is 2.26. The van der Waals surface area contributed by atoms with Crippen LogP contribution in [-0.2, 0) is 0 Å². The van der Waals surface area contributed by atoms with E-state index < -0.39 is 7.25 Å². The van der Waals surface area contributed by atoms with E-state index in [0.717, 1.165) is 6.54 Å². The summed E-state index contributed by atoms with van der Waals surface area (Å²) in [6.45, 7) is 3.31. The first-order chi connectivity index (χ1) is 10.4. The molecule has 0 aliphatic carbocycles. The molecule has 0 bridgehead atoms. The molecule has 1 heterocycles. The van der Waals surface area contributed by atoms with E-state index in [0.29, 0.717) is 0 Å². The molecule has 2 aromatic carbocycles. The predicted octanol–water partition coefficient (Wildman–Crippen LogP) is 4.03. The molecule has 0 aromatic heterocycles. The Bertz CT molecular complexity index is 647. The fourth-order valence-electron chi connectivity index (χ4n) is 2.54. The quantitative estimate of drug-likeness (QED) is 0.631. The van der Waals surface area contributed by atoms with Gasteiger partial charge in [-0.05, 0) is 25.1 Å². The normalized spacial score (nSPS) is 16.4. The third-order valence-electron chi connectivity index (χ3n) is 3.35. The van der Waals surface area contributed by atoms with Gasteiger partial charge in [-0.15, -0.1) is 0 Å². The van der Waals surface area contributed by atoms with E-state index in [9.17, 15) is 17.3 Å². The highest BCUT2D eigenvalue weighted by molar-refractivity contribution is 6.50. The van der Waals surface area contributed by atoms with E-state index in [1.165, 1.54) is 27.4 Å². The van der Waals surface area contributed by atoms with Gasteiger partial charge in [0.2, 0.25) is 0 Å². The average molecular weight is 309 g/mol. The Morgan fingerprint density at radius 2 is 1.41 bits per heavy atom. The summed E-state index contributed by atoms with van der Waals surface area (Å²) < 4.78 is 39.0. The second-order valence-electron chi connectivity index (χ2n) is 4.84. The lowest BCUT2D eigenvalue weighted by atomic mass is 10.1. The second kappa shape index (κ2) is 6.79. The zero-order chi connectivity index (χ0) is 16.2. The zero-order valence-electron chi connectivity index (χ0n) is 12.1. The van der Waals surface area contributed by atoms with E-state index in [1.807, 2.05) is 0 Å². The van der Waals surface area contributed by atoms with Crippen LogP contribution in [0.3, 0.4) is 0 Å². The Morgan fingerprint density at radius 3 is 2.00 bits per heavy atom. The number of para-hydroxylation sites is 1. The molecule has 0 amide bonds. The van der Waals surface area contributed by atoms with Crippen LogP contribution in [-0.4, -0.2) is 13.8 Å². The summed E-state index contributed by atoms with van der Waals surface area (Å²) in [5.41, 5.74) is 5.45. The minimum Gasteiger partial charge on any atom is -0.418 e. The van der Waals surface area contributed by atoms with E-state index >= 15 is 0 Å². The van der Waals surface area contributed by atoms with Crippen LogP contribution in [0.1, 0.15) is 18.1 Å². The summed E-state index contributed by atoms with van der Waals surface area (Å²) >= 11 is 0. The van der Waals surface area contributed by atoms with Gasteiger partial charge in [0.05, 0.1) is 6.54 Å². The SMILES string of the molecule is CC[NH+]1C(c2ccccc2)=Cc2ccccc21.F[B-](F)(F)F. The highest BCUT2D eigenvalue weighted by Crippen LogP contribution is 2.25. The average Bonchev–Trinajstić information content (AvgIpc) is 2.85. The minimum absolute atomic E-state index is 1.08. The Balaban J connectivity index is 0.000000309. The molecule has 3 rings (SSSR count). The van der Waals surface area contributed by atoms with Crippen molar-refractivity contribution in [2.75, 3.05) is 6.54 Å². The molecule has 1 atom stereocenters. The first-order valence-corrected chi connectivity index (χ1v) is 7.00. The van der Waals surface area contributed by atoms with Crippen molar-refractivity contribution in [3.8, 4) is 0 Å². The highest BCUT2D eigenvalue weighted by atomic mass is 19.5. The van der Waals surface area contributed by atoms with Gasteiger partial charge in [-0.25, -0.2) is 0 Å². The predicted molar refractivity (Wildman–Crippen MR) is 82.1 cm³/mol. The molecule has 1 aliphatic heterocycles. The molecule has 22 heavy (non-hydrogen) atoms. The van der Waals surface area contributed by atoms with Crippen molar-refractivity contribution in [3.05, 3.63) is 65.7 Å². The number of benzene rings is 2. The Labute approximate surface area is 127 Å². The number of halogens is 4. The molecule has 2 aromatic rings. The van der Waals surface area contributed by atoms with Crippen molar-refractivity contribution >= 4 is 24.7 Å². The molecule has 0 fully saturated rings. The van der Waals surface area contributed by atoms with Crippen LogP contribution < -0.4 is 4.90 Å². The van der Waals surface area contributed by atoms with Crippen molar-refractivity contribution < 1.29 is 22.2 Å². The maximum absolute atomic E-state index is 9.75. The molecule has 1 nitrogen and oxygen atoms in total. The summed E-state index contributed by atoms with van der Waals surface area (Å²) in [6.07, 6.45) is 2.31. The van der Waals surface area contributed by atoms with E-state index in [1.54, 1.807) is 0 Å². The molecule has 1 unspecified atom stereocenters. The summed E-state index contributed by atoms with van der Waals surface area (Å²) in [7, 11) is -6.00. The monoisotopic (exact) mass is 309 g/mol. The van der Waals surface area contributed by atoms with Crippen molar-refractivity contribution in [1.82, 2.24) is 0 Å². The van der Waals surface area contributed by atoms with Crippen molar-refractivity contribution in [2.24, 2.45) is 0 Å². The molecule has 6 heteroatoms. The van der Waals surface area contributed by atoms with Crippen molar-refractivity contribution in [3.63, 3.8) is 0 Å². The fraction of sp³-hybridized carbons (Fsp3) is 0.125. The molecular weight excluding hydrogens is 293 g/mol. The minimum atomic E-state index is -6.00. The van der Waals surface area contributed by atoms with Gasteiger partial charge >= 0.3 is 7.25 Å². The Hall–Kier alpha value is -2.08. The van der Waals surface area contributed by atoms with Crippen LogP contribution in [0.2, 0.25) is 0 Å². The number of nitrogens with one attached hydrogen (secondary N) is 1. The van der Waals surface area contributed by atoms with Gasteiger partial charge < -0.3 is 17.3 Å². The third-order valence-corrected chi connectivity index (χ3v) is 3.35. The van der Waals surface area contributed by atoms with Gasteiger partial charge in [0, 0.05) is 23.3 Å². The molecule has 1 N–H and O–H groups in total. The topological polar surface area (TPSA) is 4.44 Å². The largest absolute Gasteiger partial charge is 0.673 e. The number of rotatable bonds is 2. The van der Waals surface area contributed by atoms with Gasteiger partial charge in [0.15, 0.2) is 0 Å². The summed E-state index contributed by atoms with van der Waals surface area (Å²) in [5.74, 6) is 0. The van der Waals surface area contributed by atoms with Crippen LogP contribution in [0, 0.1) is 0 Å². The lowest BCUT2D eigenvalue weighted by Crippen LogP contribution is -3.03. The second-order valence-corrected chi connectivity index (χ2v) is 4.84. The first-order valence-electron chi connectivity index (χ1n) is 7.00. The van der Waals surface area contributed by atoms with Crippen LogP contribution in [0.25, 0.3) is 11.8 Å². The van der Waals surface area contributed by atoms with Crippen LogP contribution >= 0.6 is 0 Å². The van der Waals surface area contributed by atoms with Gasteiger partial charge in [0.1, 0.15) is 11.4 Å². The summed E-state index contributed by atoms with van der Waals surface area (Å²) in [6, 6.07) is 19.3. The lowest BCUT2D eigenvalue weighted by Gasteiger charge is -2.15. The number of fused-ring (bicyclic) bond motifs is 1. The van der Waals surface area contributed by atoms with Crippen LogP contribution in [0.5, 0.6) is 0 Å². The standard InChI is InChI=1S/C16H15N.BF4/c1-2-17-15-11-7-6-10-14(15)12-16(17)13-8-4-3-5-9-13;2-1(3,4)5/h3-12H,2H2,1H3;/q;-1/p+1. The van der Waals surface area contributed by atoms with Crippen molar-refractivity contribution in [1.29, 1.82) is 0 Å². The van der Waals surface area contributed by atoms with E-state index in [2.05, 4.69) is 67.6 Å². The zero-order valence-corrected chi connectivity index (χ0v) is 12.1. The fourth-order valence-corrected chi connectivity index (χ4v) is 2.54. The molecule has 0 saturated heterocycles. The third kappa shape index (κ3) is 4.21. The van der Waals surface area contributed by atoms with Crippen LogP contribution in [0.15, 0.2) is 54.6 Å². The van der Waals surface area contributed by atoms with E-state index in [4.69, 9.17) is 0 Å². The number of hydrogen-bond donors (Lipinski definition) is 1. The first kappa shape index (κ1) is 16.3. The summed E-state index contributed by atoms with van der Waals surface area (Å²) in [4.78, 5) is 1.46. The summed E-state index contributed by atoms with van der Waals surface area (Å²) in [5, 5.41) is 0. The van der Waals surface area contributed by atoms with Gasteiger partial charge in [-0.2, -0.15) is 0 Å². The Morgan fingerprint density at radius 1 is 0.864 bits per heavy atom. The maximum Gasteiger partial charge on any atom is 0.673 e. The van der Waals surface area contributed by atoms with Crippen LogP contribution in [0.4, 0.5) is 23.0 Å².